The summed E-state index contributed by atoms with van der Waals surface area (Å²) in [6.07, 6.45) is 2.02. The number of hydrogen-bond acceptors (Lipinski definition) is 5. The molecular weight excluding hydrogens is 172 g/mol. The predicted octanol–water partition coefficient (Wildman–Crippen LogP) is 0.213. The first-order chi connectivity index (χ1) is 6.31. The van der Waals surface area contributed by atoms with Crippen molar-refractivity contribution in [1.29, 1.82) is 0 Å². The standard InChI is InChI=1S/C8H20N2O3/c1-8(12-13-11-2)4-3-6-10-7-5-9/h8,10H,3-7,9H2,1-2H3. The van der Waals surface area contributed by atoms with Crippen molar-refractivity contribution in [3.63, 3.8) is 0 Å². The van der Waals surface area contributed by atoms with E-state index >= 15 is 0 Å². The largest absolute Gasteiger partial charge is 0.329 e. The highest BCUT2D eigenvalue weighted by molar-refractivity contribution is 4.52. The maximum Gasteiger partial charge on any atom is 0.0933 e. The first-order valence-electron chi connectivity index (χ1n) is 4.58. The predicted molar refractivity (Wildman–Crippen MR) is 49.8 cm³/mol. The number of nitrogens with one attached hydrogen (secondary N) is 1. The number of nitrogens with two attached hydrogens (primary N) is 1. The summed E-state index contributed by atoms with van der Waals surface area (Å²) >= 11 is 0. The minimum atomic E-state index is 0.0552. The van der Waals surface area contributed by atoms with Gasteiger partial charge in [-0.25, -0.2) is 9.78 Å². The fourth-order valence-corrected chi connectivity index (χ4v) is 0.896. The molecule has 0 fully saturated rings. The van der Waals surface area contributed by atoms with Crippen LogP contribution in [0.15, 0.2) is 0 Å². The zero-order valence-electron chi connectivity index (χ0n) is 8.41. The van der Waals surface area contributed by atoms with E-state index in [0.29, 0.717) is 6.54 Å². The van der Waals surface area contributed by atoms with Crippen molar-refractivity contribution in [3.05, 3.63) is 0 Å². The molecule has 13 heavy (non-hydrogen) atoms. The van der Waals surface area contributed by atoms with Crippen molar-refractivity contribution in [2.45, 2.75) is 25.9 Å². The summed E-state index contributed by atoms with van der Waals surface area (Å²) in [7, 11) is 1.41. The van der Waals surface area contributed by atoms with Gasteiger partial charge in [-0.2, -0.15) is 0 Å². The maximum atomic E-state index is 5.31. The van der Waals surface area contributed by atoms with Gasteiger partial charge in [0.2, 0.25) is 0 Å². The molecule has 0 radical (unpaired) electrons. The van der Waals surface area contributed by atoms with E-state index in [-0.39, 0.29) is 6.10 Å². The van der Waals surface area contributed by atoms with Gasteiger partial charge < -0.3 is 11.1 Å². The van der Waals surface area contributed by atoms with Crippen LogP contribution in [-0.2, 0) is 14.8 Å². The fraction of sp³-hybridized carbons (Fsp3) is 1.00. The van der Waals surface area contributed by atoms with Gasteiger partial charge in [-0.3, -0.25) is 0 Å². The lowest BCUT2D eigenvalue weighted by Gasteiger charge is -2.09. The van der Waals surface area contributed by atoms with Crippen LogP contribution in [0.5, 0.6) is 0 Å². The van der Waals surface area contributed by atoms with E-state index in [1.807, 2.05) is 6.92 Å². The Hall–Kier alpha value is -0.200. The molecule has 3 N–H and O–H groups in total. The summed E-state index contributed by atoms with van der Waals surface area (Å²) in [6.45, 7) is 4.43. The third-order valence-electron chi connectivity index (χ3n) is 1.56. The average Bonchev–Trinajstić information content (AvgIpc) is 2.14. The van der Waals surface area contributed by atoms with E-state index in [1.165, 1.54) is 7.11 Å². The topological polar surface area (TPSA) is 65.7 Å². The van der Waals surface area contributed by atoms with E-state index in [9.17, 15) is 0 Å². The number of hydrogen-bond donors (Lipinski definition) is 2. The Kier molecular flexibility index (Phi) is 9.73. The normalized spacial score (nSPS) is 13.2. The molecule has 0 aromatic carbocycles. The minimum Gasteiger partial charge on any atom is -0.329 e. The van der Waals surface area contributed by atoms with Gasteiger partial charge in [0.1, 0.15) is 0 Å². The summed E-state index contributed by atoms with van der Waals surface area (Å²) in [5, 5.41) is 7.53. The van der Waals surface area contributed by atoms with Gasteiger partial charge >= 0.3 is 0 Å². The molecule has 1 unspecified atom stereocenters. The molecule has 80 valence electrons. The van der Waals surface area contributed by atoms with Gasteiger partial charge in [0.15, 0.2) is 0 Å². The van der Waals surface area contributed by atoms with Gasteiger partial charge in [0, 0.05) is 13.1 Å². The molecular formula is C8H20N2O3. The SMILES string of the molecule is COOOC(C)CCCNCCN. The molecule has 0 saturated carbocycles. The Morgan fingerprint density at radius 2 is 2.15 bits per heavy atom. The van der Waals surface area contributed by atoms with Crippen molar-refractivity contribution >= 4 is 0 Å². The van der Waals surface area contributed by atoms with Crippen LogP contribution in [0.2, 0.25) is 0 Å². The zero-order valence-corrected chi connectivity index (χ0v) is 8.41. The van der Waals surface area contributed by atoms with Crippen LogP contribution in [0.4, 0.5) is 0 Å². The zero-order chi connectivity index (χ0) is 9.94. The molecule has 0 heterocycles. The van der Waals surface area contributed by atoms with Crippen LogP contribution >= 0.6 is 0 Å². The van der Waals surface area contributed by atoms with Crippen molar-refractivity contribution in [1.82, 2.24) is 5.32 Å². The molecule has 5 nitrogen and oxygen atoms in total. The molecule has 0 aromatic rings. The second-order valence-corrected chi connectivity index (χ2v) is 2.82. The van der Waals surface area contributed by atoms with Crippen LogP contribution in [0.3, 0.4) is 0 Å². The summed E-state index contributed by atoms with van der Waals surface area (Å²) in [4.78, 5) is 9.13. The Morgan fingerprint density at radius 3 is 2.77 bits per heavy atom. The van der Waals surface area contributed by atoms with E-state index in [4.69, 9.17) is 10.6 Å². The lowest BCUT2D eigenvalue weighted by atomic mass is 10.2. The monoisotopic (exact) mass is 192 g/mol. The van der Waals surface area contributed by atoms with E-state index < -0.39 is 0 Å². The molecule has 0 bridgehead atoms. The van der Waals surface area contributed by atoms with Crippen LogP contribution < -0.4 is 11.1 Å². The highest BCUT2D eigenvalue weighted by Crippen LogP contribution is 2.00. The molecule has 0 aliphatic carbocycles. The molecule has 0 aliphatic rings. The second-order valence-electron chi connectivity index (χ2n) is 2.82. The summed E-state index contributed by atoms with van der Waals surface area (Å²) in [6, 6.07) is 0. The van der Waals surface area contributed by atoms with Gasteiger partial charge in [0.25, 0.3) is 0 Å². The minimum absolute atomic E-state index is 0.0552. The van der Waals surface area contributed by atoms with Crippen molar-refractivity contribution < 1.29 is 14.8 Å². The highest BCUT2D eigenvalue weighted by atomic mass is 17.5. The molecule has 0 aromatic heterocycles. The average molecular weight is 192 g/mol. The smallest absolute Gasteiger partial charge is 0.0933 e. The van der Waals surface area contributed by atoms with Crippen LogP contribution in [0, 0.1) is 0 Å². The summed E-state index contributed by atoms with van der Waals surface area (Å²) < 4.78 is 0. The fourth-order valence-electron chi connectivity index (χ4n) is 0.896. The van der Waals surface area contributed by atoms with Crippen LogP contribution in [0.1, 0.15) is 19.8 Å². The second kappa shape index (κ2) is 9.88. The lowest BCUT2D eigenvalue weighted by Crippen LogP contribution is -2.24. The third kappa shape index (κ3) is 9.72. The van der Waals surface area contributed by atoms with Gasteiger partial charge in [-0.15, -0.1) is 0 Å². The molecule has 0 spiro atoms. The highest BCUT2D eigenvalue weighted by Gasteiger charge is 2.02. The van der Waals surface area contributed by atoms with Crippen molar-refractivity contribution in [2.75, 3.05) is 26.7 Å². The van der Waals surface area contributed by atoms with E-state index in [2.05, 4.69) is 15.2 Å². The Morgan fingerprint density at radius 1 is 1.38 bits per heavy atom. The van der Waals surface area contributed by atoms with Crippen LogP contribution in [-0.4, -0.2) is 32.8 Å². The van der Waals surface area contributed by atoms with E-state index in [1.54, 1.807) is 0 Å². The van der Waals surface area contributed by atoms with Gasteiger partial charge in [-0.05, 0) is 26.3 Å². The quantitative estimate of drug-likeness (QED) is 0.310. The van der Waals surface area contributed by atoms with Gasteiger partial charge in [0.05, 0.1) is 13.2 Å². The maximum absolute atomic E-state index is 5.31. The molecule has 1 atom stereocenters. The number of rotatable bonds is 9. The molecule has 0 rings (SSSR count). The van der Waals surface area contributed by atoms with Crippen molar-refractivity contribution in [3.8, 4) is 0 Å². The Labute approximate surface area is 79.4 Å². The third-order valence-corrected chi connectivity index (χ3v) is 1.56. The molecule has 0 saturated heterocycles. The molecule has 0 amide bonds. The Bertz CT molecular complexity index is 103. The molecule has 0 aliphatic heterocycles. The van der Waals surface area contributed by atoms with E-state index in [0.717, 1.165) is 25.9 Å². The summed E-state index contributed by atoms with van der Waals surface area (Å²) in [5.41, 5.74) is 5.31. The molecule has 5 heteroatoms. The Balaban J connectivity index is 3.03. The first-order valence-corrected chi connectivity index (χ1v) is 4.58. The van der Waals surface area contributed by atoms with Gasteiger partial charge in [-0.1, -0.05) is 5.04 Å². The summed E-state index contributed by atoms with van der Waals surface area (Å²) in [5.74, 6) is 0. The lowest BCUT2D eigenvalue weighted by molar-refractivity contribution is -0.515. The van der Waals surface area contributed by atoms with Crippen LogP contribution in [0.25, 0.3) is 0 Å². The first kappa shape index (κ1) is 12.8. The van der Waals surface area contributed by atoms with Crippen molar-refractivity contribution in [2.24, 2.45) is 5.73 Å².